The van der Waals surface area contributed by atoms with Crippen LogP contribution in [0.15, 0.2) is 24.3 Å². The second kappa shape index (κ2) is 6.12. The van der Waals surface area contributed by atoms with Gasteiger partial charge in [0.2, 0.25) is 5.91 Å². The lowest BCUT2D eigenvalue weighted by Gasteiger charge is -2.22. The third-order valence-corrected chi connectivity index (χ3v) is 3.73. The second-order valence-electron chi connectivity index (χ2n) is 4.89. The Balaban J connectivity index is 1.95. The van der Waals surface area contributed by atoms with Crippen LogP contribution >= 0.6 is 12.2 Å². The van der Waals surface area contributed by atoms with E-state index >= 15 is 0 Å². The quantitative estimate of drug-likeness (QED) is 0.822. The molecule has 4 nitrogen and oxygen atoms in total. The van der Waals surface area contributed by atoms with Crippen LogP contribution in [0.5, 0.6) is 0 Å². The van der Waals surface area contributed by atoms with Gasteiger partial charge in [0.05, 0.1) is 17.6 Å². The Morgan fingerprint density at radius 1 is 1.53 bits per heavy atom. The van der Waals surface area contributed by atoms with Crippen LogP contribution in [-0.2, 0) is 4.79 Å². The molecule has 3 N–H and O–H groups in total. The third kappa shape index (κ3) is 3.52. The van der Waals surface area contributed by atoms with Crippen LogP contribution < -0.4 is 11.1 Å². The number of nitrogens with zero attached hydrogens (tertiary/aromatic N) is 1. The number of para-hydroxylation sites is 1. The van der Waals surface area contributed by atoms with Crippen LogP contribution in [0.2, 0.25) is 0 Å². The average molecular weight is 277 g/mol. The Morgan fingerprint density at radius 2 is 2.26 bits per heavy atom. The van der Waals surface area contributed by atoms with Gasteiger partial charge < -0.3 is 11.1 Å². The molecule has 1 aliphatic heterocycles. The first-order valence-electron chi connectivity index (χ1n) is 6.47. The molecule has 0 saturated carbocycles. The molecule has 5 heteroatoms. The van der Waals surface area contributed by atoms with Gasteiger partial charge in [-0.25, -0.2) is 0 Å². The maximum Gasteiger partial charge on any atom is 0.238 e. The van der Waals surface area contributed by atoms with Crippen LogP contribution in [-0.4, -0.2) is 34.9 Å². The largest absolute Gasteiger partial charge is 0.392 e. The summed E-state index contributed by atoms with van der Waals surface area (Å²) in [7, 11) is 0. The molecule has 1 heterocycles. The number of hydrogen-bond acceptors (Lipinski definition) is 3. The van der Waals surface area contributed by atoms with E-state index in [0.717, 1.165) is 30.6 Å². The standard InChI is InChI=1S/C14H19N3OS/c1-10-5-2-3-6-11(10)16-13(18)9-17-8-4-7-12(17)14(15)19/h2-3,5-6,12H,4,7-9H2,1H3,(H2,15,19)(H,16,18). The predicted molar refractivity (Wildman–Crippen MR) is 81.2 cm³/mol. The van der Waals surface area contributed by atoms with E-state index in [9.17, 15) is 4.79 Å². The first-order valence-corrected chi connectivity index (χ1v) is 6.87. The number of carbonyl (C=O) groups is 1. The van der Waals surface area contributed by atoms with E-state index in [-0.39, 0.29) is 11.9 Å². The number of nitrogens with two attached hydrogens (primary N) is 1. The van der Waals surface area contributed by atoms with Crippen molar-refractivity contribution in [3.05, 3.63) is 29.8 Å². The topological polar surface area (TPSA) is 58.4 Å². The van der Waals surface area contributed by atoms with Crippen molar-refractivity contribution < 1.29 is 4.79 Å². The van der Waals surface area contributed by atoms with Gasteiger partial charge in [-0.3, -0.25) is 9.69 Å². The van der Waals surface area contributed by atoms with Crippen LogP contribution in [0.25, 0.3) is 0 Å². The lowest BCUT2D eigenvalue weighted by molar-refractivity contribution is -0.117. The lowest BCUT2D eigenvalue weighted by atomic mass is 10.2. The minimum Gasteiger partial charge on any atom is -0.392 e. The average Bonchev–Trinajstić information content (AvgIpc) is 2.80. The Morgan fingerprint density at radius 3 is 2.95 bits per heavy atom. The highest BCUT2D eigenvalue weighted by atomic mass is 32.1. The number of nitrogens with one attached hydrogen (secondary N) is 1. The van der Waals surface area contributed by atoms with Crippen molar-refractivity contribution in [1.82, 2.24) is 4.90 Å². The molecule has 1 atom stereocenters. The lowest BCUT2D eigenvalue weighted by Crippen LogP contribution is -2.43. The van der Waals surface area contributed by atoms with Crippen molar-refractivity contribution in [3.8, 4) is 0 Å². The van der Waals surface area contributed by atoms with E-state index in [2.05, 4.69) is 10.2 Å². The van der Waals surface area contributed by atoms with Crippen molar-refractivity contribution in [1.29, 1.82) is 0 Å². The SMILES string of the molecule is Cc1ccccc1NC(=O)CN1CCCC1C(N)=S. The van der Waals surface area contributed by atoms with Gasteiger partial charge >= 0.3 is 0 Å². The van der Waals surface area contributed by atoms with E-state index in [1.54, 1.807) is 0 Å². The zero-order chi connectivity index (χ0) is 13.8. The van der Waals surface area contributed by atoms with Crippen molar-refractivity contribution in [2.75, 3.05) is 18.4 Å². The van der Waals surface area contributed by atoms with Crippen molar-refractivity contribution in [2.45, 2.75) is 25.8 Å². The molecule has 1 amide bonds. The summed E-state index contributed by atoms with van der Waals surface area (Å²) >= 11 is 5.04. The van der Waals surface area contributed by atoms with E-state index in [4.69, 9.17) is 18.0 Å². The summed E-state index contributed by atoms with van der Waals surface area (Å²) < 4.78 is 0. The molecule has 1 fully saturated rings. The monoisotopic (exact) mass is 277 g/mol. The number of hydrogen-bond donors (Lipinski definition) is 2. The number of anilines is 1. The number of benzene rings is 1. The number of thiocarbonyl (C=S) groups is 1. The Kier molecular flexibility index (Phi) is 4.50. The van der Waals surface area contributed by atoms with Gasteiger partial charge in [0.25, 0.3) is 0 Å². The van der Waals surface area contributed by atoms with E-state index in [0.29, 0.717) is 11.5 Å². The third-order valence-electron chi connectivity index (χ3n) is 3.46. The molecule has 1 saturated heterocycles. The minimum absolute atomic E-state index is 0.0162. The summed E-state index contributed by atoms with van der Waals surface area (Å²) in [5, 5.41) is 2.93. The molecule has 102 valence electrons. The van der Waals surface area contributed by atoms with Gasteiger partial charge in [0.15, 0.2) is 0 Å². The van der Waals surface area contributed by atoms with Gasteiger partial charge in [-0.2, -0.15) is 0 Å². The van der Waals surface area contributed by atoms with Gasteiger partial charge in [-0.05, 0) is 37.9 Å². The molecule has 0 aliphatic carbocycles. The first kappa shape index (κ1) is 14.0. The molecule has 1 aliphatic rings. The highest BCUT2D eigenvalue weighted by molar-refractivity contribution is 7.80. The van der Waals surface area contributed by atoms with Gasteiger partial charge in [-0.15, -0.1) is 0 Å². The maximum absolute atomic E-state index is 12.1. The normalized spacial score (nSPS) is 19.3. The van der Waals surface area contributed by atoms with Gasteiger partial charge in [0, 0.05) is 5.69 Å². The van der Waals surface area contributed by atoms with Crippen molar-refractivity contribution in [3.63, 3.8) is 0 Å². The van der Waals surface area contributed by atoms with Crippen LogP contribution in [0.4, 0.5) is 5.69 Å². The summed E-state index contributed by atoms with van der Waals surface area (Å²) in [5.41, 5.74) is 7.62. The Hall–Kier alpha value is -1.46. The van der Waals surface area contributed by atoms with E-state index in [1.807, 2.05) is 31.2 Å². The highest BCUT2D eigenvalue weighted by Gasteiger charge is 2.28. The maximum atomic E-state index is 12.1. The molecule has 1 aromatic carbocycles. The fraction of sp³-hybridized carbons (Fsp3) is 0.429. The number of amides is 1. The van der Waals surface area contributed by atoms with Crippen molar-refractivity contribution in [2.24, 2.45) is 5.73 Å². The second-order valence-corrected chi connectivity index (χ2v) is 5.37. The smallest absolute Gasteiger partial charge is 0.238 e. The van der Waals surface area contributed by atoms with E-state index < -0.39 is 0 Å². The molecule has 0 spiro atoms. The molecule has 2 rings (SSSR count). The first-order chi connectivity index (χ1) is 9.08. The Bertz CT molecular complexity index is 489. The van der Waals surface area contributed by atoms with Crippen molar-refractivity contribution >= 4 is 28.8 Å². The summed E-state index contributed by atoms with van der Waals surface area (Å²) in [6.07, 6.45) is 1.99. The zero-order valence-electron chi connectivity index (χ0n) is 11.1. The van der Waals surface area contributed by atoms with E-state index in [1.165, 1.54) is 0 Å². The number of aryl methyl sites for hydroxylation is 1. The summed E-state index contributed by atoms with van der Waals surface area (Å²) in [6, 6.07) is 7.81. The number of likely N-dealkylation sites (tertiary alicyclic amines) is 1. The van der Waals surface area contributed by atoms with Crippen LogP contribution in [0.3, 0.4) is 0 Å². The predicted octanol–water partition coefficient (Wildman–Crippen LogP) is 1.68. The van der Waals surface area contributed by atoms with Crippen LogP contribution in [0, 0.1) is 6.92 Å². The Labute approximate surface area is 119 Å². The molecule has 0 radical (unpaired) electrons. The van der Waals surface area contributed by atoms with Gasteiger partial charge in [0.1, 0.15) is 0 Å². The van der Waals surface area contributed by atoms with Gasteiger partial charge in [-0.1, -0.05) is 30.4 Å². The molecule has 0 aromatic heterocycles. The fourth-order valence-corrected chi connectivity index (χ4v) is 2.69. The summed E-state index contributed by atoms with van der Waals surface area (Å²) in [5.74, 6) is -0.0162. The molecular weight excluding hydrogens is 258 g/mol. The molecule has 19 heavy (non-hydrogen) atoms. The number of carbonyl (C=O) groups excluding carboxylic acids is 1. The summed E-state index contributed by atoms with van der Waals surface area (Å²) in [4.78, 5) is 14.6. The highest BCUT2D eigenvalue weighted by Crippen LogP contribution is 2.18. The number of rotatable bonds is 4. The zero-order valence-corrected chi connectivity index (χ0v) is 11.9. The summed E-state index contributed by atoms with van der Waals surface area (Å²) in [6.45, 7) is 3.20. The molecule has 0 bridgehead atoms. The molecular formula is C14H19N3OS. The fourth-order valence-electron chi connectivity index (χ4n) is 2.42. The molecule has 1 aromatic rings. The minimum atomic E-state index is -0.0162. The van der Waals surface area contributed by atoms with Crippen LogP contribution in [0.1, 0.15) is 18.4 Å². The molecule has 1 unspecified atom stereocenters.